The van der Waals surface area contributed by atoms with Gasteiger partial charge in [-0.25, -0.2) is 13.8 Å². The highest BCUT2D eigenvalue weighted by Gasteiger charge is 2.27. The fourth-order valence-electron chi connectivity index (χ4n) is 2.69. The number of hydrazone groups is 1. The van der Waals surface area contributed by atoms with Crippen LogP contribution in [0.15, 0.2) is 82.8 Å². The first kappa shape index (κ1) is 22.8. The molecule has 0 spiro atoms. The van der Waals surface area contributed by atoms with Gasteiger partial charge in [-0.3, -0.25) is 9.10 Å². The number of benzene rings is 3. The number of amides is 1. The molecule has 0 saturated heterocycles. The quantitative estimate of drug-likeness (QED) is 0.399. The molecular formula is C22H19Cl2N3O3S. The van der Waals surface area contributed by atoms with Gasteiger partial charge in [-0.1, -0.05) is 53.0 Å². The van der Waals surface area contributed by atoms with E-state index >= 15 is 0 Å². The summed E-state index contributed by atoms with van der Waals surface area (Å²) in [5.41, 5.74) is 4.36. The number of hydrogen-bond donors (Lipinski definition) is 1. The van der Waals surface area contributed by atoms with E-state index in [9.17, 15) is 13.2 Å². The number of carbonyl (C=O) groups is 1. The molecule has 9 heteroatoms. The predicted octanol–water partition coefficient (Wildman–Crippen LogP) is 4.65. The van der Waals surface area contributed by atoms with Gasteiger partial charge in [0.15, 0.2) is 0 Å². The lowest BCUT2D eigenvalue weighted by molar-refractivity contribution is -0.119. The topological polar surface area (TPSA) is 78.8 Å². The SMILES string of the molecule is Cc1ccc(N(CC(=O)N/N=C\c2cccc(Cl)c2)S(=O)(=O)c2ccc(Cl)cc2)cc1. The van der Waals surface area contributed by atoms with Crippen LogP contribution in [0.3, 0.4) is 0 Å². The molecule has 0 aliphatic carbocycles. The Kier molecular flexibility index (Phi) is 7.33. The van der Waals surface area contributed by atoms with Crippen molar-refractivity contribution >= 4 is 51.0 Å². The Bertz CT molecular complexity index is 1200. The third kappa shape index (κ3) is 6.07. The van der Waals surface area contributed by atoms with Gasteiger partial charge in [-0.15, -0.1) is 0 Å². The smallest absolute Gasteiger partial charge is 0.264 e. The molecule has 3 aromatic carbocycles. The van der Waals surface area contributed by atoms with Crippen LogP contribution in [0.2, 0.25) is 10.0 Å². The highest BCUT2D eigenvalue weighted by atomic mass is 35.5. The van der Waals surface area contributed by atoms with E-state index in [0.29, 0.717) is 21.3 Å². The van der Waals surface area contributed by atoms with Crippen LogP contribution in [0.4, 0.5) is 5.69 Å². The van der Waals surface area contributed by atoms with Crippen LogP contribution in [0.5, 0.6) is 0 Å². The first-order chi connectivity index (χ1) is 14.8. The second kappa shape index (κ2) is 9.96. The molecule has 0 aromatic heterocycles. The first-order valence-electron chi connectivity index (χ1n) is 9.18. The Morgan fingerprint density at radius 3 is 2.32 bits per heavy atom. The molecule has 0 aliphatic heterocycles. The van der Waals surface area contributed by atoms with Crippen molar-refractivity contribution < 1.29 is 13.2 Å². The summed E-state index contributed by atoms with van der Waals surface area (Å²) in [4.78, 5) is 12.5. The van der Waals surface area contributed by atoms with Crippen molar-refractivity contribution in [2.24, 2.45) is 5.10 Å². The zero-order valence-corrected chi connectivity index (χ0v) is 18.8. The summed E-state index contributed by atoms with van der Waals surface area (Å²) >= 11 is 11.8. The molecule has 0 unspecified atom stereocenters. The molecule has 3 rings (SSSR count). The Labute approximate surface area is 191 Å². The van der Waals surface area contributed by atoms with Gasteiger partial charge in [-0.2, -0.15) is 5.10 Å². The molecule has 0 atom stereocenters. The maximum Gasteiger partial charge on any atom is 0.264 e. The summed E-state index contributed by atoms with van der Waals surface area (Å²) in [7, 11) is -4.02. The lowest BCUT2D eigenvalue weighted by Gasteiger charge is -2.23. The lowest BCUT2D eigenvalue weighted by atomic mass is 10.2. The van der Waals surface area contributed by atoms with Crippen molar-refractivity contribution in [2.75, 3.05) is 10.8 Å². The van der Waals surface area contributed by atoms with Gasteiger partial charge in [0.1, 0.15) is 6.54 Å². The molecule has 0 aliphatic rings. The minimum Gasteiger partial charge on any atom is -0.271 e. The van der Waals surface area contributed by atoms with E-state index in [4.69, 9.17) is 23.2 Å². The van der Waals surface area contributed by atoms with Crippen LogP contribution < -0.4 is 9.73 Å². The number of carbonyl (C=O) groups excluding carboxylic acids is 1. The van der Waals surface area contributed by atoms with Gasteiger partial charge in [-0.05, 0) is 61.0 Å². The molecule has 0 fully saturated rings. The minimum atomic E-state index is -4.02. The Hall–Kier alpha value is -2.87. The Morgan fingerprint density at radius 1 is 1.00 bits per heavy atom. The lowest BCUT2D eigenvalue weighted by Crippen LogP contribution is -2.39. The number of aryl methyl sites for hydroxylation is 1. The summed E-state index contributed by atoms with van der Waals surface area (Å²) < 4.78 is 27.5. The molecule has 6 nitrogen and oxygen atoms in total. The van der Waals surface area contributed by atoms with E-state index < -0.39 is 22.5 Å². The number of sulfonamides is 1. The Morgan fingerprint density at radius 2 is 1.68 bits per heavy atom. The molecule has 3 aromatic rings. The molecule has 31 heavy (non-hydrogen) atoms. The van der Waals surface area contributed by atoms with Crippen LogP contribution in [-0.4, -0.2) is 27.1 Å². The highest BCUT2D eigenvalue weighted by Crippen LogP contribution is 2.25. The fourth-order valence-corrected chi connectivity index (χ4v) is 4.44. The number of nitrogens with zero attached hydrogens (tertiary/aromatic N) is 2. The zero-order valence-electron chi connectivity index (χ0n) is 16.5. The molecule has 0 saturated carbocycles. The van der Waals surface area contributed by atoms with E-state index in [1.54, 1.807) is 48.5 Å². The van der Waals surface area contributed by atoms with Gasteiger partial charge in [0.05, 0.1) is 16.8 Å². The number of anilines is 1. The van der Waals surface area contributed by atoms with Crippen LogP contribution in [-0.2, 0) is 14.8 Å². The molecule has 0 radical (unpaired) electrons. The summed E-state index contributed by atoms with van der Waals surface area (Å²) in [5, 5.41) is 4.84. The van der Waals surface area contributed by atoms with Crippen LogP contribution >= 0.6 is 23.2 Å². The zero-order chi connectivity index (χ0) is 22.4. The first-order valence-corrected chi connectivity index (χ1v) is 11.4. The number of hydrogen-bond acceptors (Lipinski definition) is 4. The van der Waals surface area contributed by atoms with Crippen molar-refractivity contribution in [3.8, 4) is 0 Å². The number of nitrogens with one attached hydrogen (secondary N) is 1. The second-order valence-corrected chi connectivity index (χ2v) is 9.38. The van der Waals surface area contributed by atoms with Crippen molar-refractivity contribution in [2.45, 2.75) is 11.8 Å². The average Bonchev–Trinajstić information content (AvgIpc) is 2.73. The molecule has 0 bridgehead atoms. The summed E-state index contributed by atoms with van der Waals surface area (Å²) in [6.45, 7) is 1.43. The van der Waals surface area contributed by atoms with Crippen LogP contribution in [0.25, 0.3) is 0 Å². The maximum absolute atomic E-state index is 13.2. The van der Waals surface area contributed by atoms with Crippen molar-refractivity contribution in [3.05, 3.63) is 94.0 Å². The monoisotopic (exact) mass is 475 g/mol. The van der Waals surface area contributed by atoms with Gasteiger partial charge in [0.2, 0.25) is 0 Å². The van der Waals surface area contributed by atoms with Crippen LogP contribution in [0, 0.1) is 6.92 Å². The maximum atomic E-state index is 13.2. The van der Waals surface area contributed by atoms with E-state index in [0.717, 1.165) is 9.87 Å². The summed E-state index contributed by atoms with van der Waals surface area (Å²) in [6.07, 6.45) is 1.42. The highest BCUT2D eigenvalue weighted by molar-refractivity contribution is 7.92. The molecule has 0 heterocycles. The predicted molar refractivity (Wildman–Crippen MR) is 124 cm³/mol. The number of rotatable bonds is 7. The minimum absolute atomic E-state index is 0.0210. The summed E-state index contributed by atoms with van der Waals surface area (Å²) in [6, 6.07) is 19.5. The number of halogens is 2. The largest absolute Gasteiger partial charge is 0.271 e. The standard InChI is InChI=1S/C22H19Cl2N3O3S/c1-16-5-9-20(10-6-16)27(31(29,30)21-11-7-18(23)8-12-21)15-22(28)26-25-14-17-3-2-4-19(24)13-17/h2-14H,15H2,1H3,(H,26,28)/b25-14-. The van der Waals surface area contributed by atoms with Crippen molar-refractivity contribution in [3.63, 3.8) is 0 Å². The van der Waals surface area contributed by atoms with Gasteiger partial charge in [0, 0.05) is 10.0 Å². The molecule has 1 N–H and O–H groups in total. The normalized spacial score (nSPS) is 11.5. The third-order valence-electron chi connectivity index (χ3n) is 4.26. The third-order valence-corrected chi connectivity index (χ3v) is 6.54. The van der Waals surface area contributed by atoms with E-state index in [1.807, 2.05) is 6.92 Å². The van der Waals surface area contributed by atoms with E-state index in [2.05, 4.69) is 10.5 Å². The van der Waals surface area contributed by atoms with E-state index in [1.165, 1.54) is 30.5 Å². The van der Waals surface area contributed by atoms with Gasteiger partial charge < -0.3 is 0 Å². The van der Waals surface area contributed by atoms with Crippen molar-refractivity contribution in [1.29, 1.82) is 0 Å². The molecule has 1 amide bonds. The molecular weight excluding hydrogens is 457 g/mol. The summed E-state index contributed by atoms with van der Waals surface area (Å²) in [5.74, 6) is -0.601. The van der Waals surface area contributed by atoms with Gasteiger partial charge >= 0.3 is 0 Å². The van der Waals surface area contributed by atoms with Gasteiger partial charge in [0.25, 0.3) is 15.9 Å². The second-order valence-electron chi connectivity index (χ2n) is 6.65. The average molecular weight is 476 g/mol. The van der Waals surface area contributed by atoms with E-state index in [-0.39, 0.29) is 4.90 Å². The fraction of sp³-hybridized carbons (Fsp3) is 0.0909. The van der Waals surface area contributed by atoms with Crippen molar-refractivity contribution in [1.82, 2.24) is 5.43 Å². The Balaban J connectivity index is 1.83. The molecule has 160 valence electrons. The van der Waals surface area contributed by atoms with Crippen LogP contribution in [0.1, 0.15) is 11.1 Å².